The van der Waals surface area contributed by atoms with Gasteiger partial charge in [-0.1, -0.05) is 6.92 Å². The van der Waals surface area contributed by atoms with Crippen molar-refractivity contribution in [2.45, 2.75) is 32.7 Å². The maximum absolute atomic E-state index is 3.64. The van der Waals surface area contributed by atoms with Gasteiger partial charge in [0, 0.05) is 27.8 Å². The first-order chi connectivity index (χ1) is 8.24. The van der Waals surface area contributed by atoms with E-state index in [1.807, 2.05) is 11.3 Å². The highest BCUT2D eigenvalue weighted by Crippen LogP contribution is 2.31. The van der Waals surface area contributed by atoms with E-state index in [1.165, 1.54) is 41.7 Å². The molecular weight excluding hydrogens is 296 g/mol. The van der Waals surface area contributed by atoms with E-state index in [0.717, 1.165) is 13.1 Å². The van der Waals surface area contributed by atoms with Crippen LogP contribution in [0.5, 0.6) is 0 Å². The van der Waals surface area contributed by atoms with E-state index in [0.29, 0.717) is 5.41 Å². The molecule has 96 valence electrons. The van der Waals surface area contributed by atoms with Gasteiger partial charge in [0.15, 0.2) is 0 Å². The van der Waals surface area contributed by atoms with Crippen molar-refractivity contribution in [1.82, 2.24) is 10.6 Å². The van der Waals surface area contributed by atoms with E-state index >= 15 is 0 Å². The summed E-state index contributed by atoms with van der Waals surface area (Å²) in [7, 11) is 0. The predicted molar refractivity (Wildman–Crippen MR) is 78.6 cm³/mol. The minimum Gasteiger partial charge on any atom is -0.317 e. The summed E-state index contributed by atoms with van der Waals surface area (Å²) in [5.74, 6) is 0. The zero-order chi connectivity index (χ0) is 12.1. The molecule has 2 nitrogen and oxygen atoms in total. The Labute approximate surface area is 116 Å². The standard InChI is InChI=1S/C13H21BrN2S/c1-2-13(3-5-15-6-4-13)10-16-8-12-7-11(14)9-17-12/h7,9,15-16H,2-6,8,10H2,1H3. The highest BCUT2D eigenvalue weighted by Gasteiger charge is 2.29. The monoisotopic (exact) mass is 316 g/mol. The summed E-state index contributed by atoms with van der Waals surface area (Å²) in [6, 6.07) is 2.21. The maximum Gasteiger partial charge on any atom is 0.0300 e. The molecule has 2 N–H and O–H groups in total. The van der Waals surface area contributed by atoms with Crippen molar-refractivity contribution in [2.75, 3.05) is 19.6 Å². The molecule has 0 atom stereocenters. The molecule has 2 rings (SSSR count). The van der Waals surface area contributed by atoms with Crippen LogP contribution in [0.25, 0.3) is 0 Å². The smallest absolute Gasteiger partial charge is 0.0300 e. The number of rotatable bonds is 5. The summed E-state index contributed by atoms with van der Waals surface area (Å²) in [4.78, 5) is 1.41. The topological polar surface area (TPSA) is 24.1 Å². The lowest BCUT2D eigenvalue weighted by atomic mass is 9.76. The van der Waals surface area contributed by atoms with Crippen molar-refractivity contribution in [1.29, 1.82) is 0 Å². The van der Waals surface area contributed by atoms with E-state index in [9.17, 15) is 0 Å². The summed E-state index contributed by atoms with van der Waals surface area (Å²) in [5, 5.41) is 9.24. The molecule has 0 aromatic carbocycles. The van der Waals surface area contributed by atoms with Crippen LogP contribution in [0, 0.1) is 5.41 Å². The SMILES string of the molecule is CCC1(CNCc2cc(Br)cs2)CCNCC1. The van der Waals surface area contributed by atoms with Crippen LogP contribution in [-0.2, 0) is 6.54 Å². The molecule has 1 fully saturated rings. The van der Waals surface area contributed by atoms with Crippen molar-refractivity contribution in [2.24, 2.45) is 5.41 Å². The lowest BCUT2D eigenvalue weighted by Crippen LogP contribution is -2.42. The molecule has 1 saturated heterocycles. The first-order valence-electron chi connectivity index (χ1n) is 6.38. The second kappa shape index (κ2) is 6.32. The highest BCUT2D eigenvalue weighted by molar-refractivity contribution is 9.10. The predicted octanol–water partition coefficient (Wildman–Crippen LogP) is 3.38. The van der Waals surface area contributed by atoms with E-state index in [-0.39, 0.29) is 0 Å². The Morgan fingerprint density at radius 3 is 2.82 bits per heavy atom. The van der Waals surface area contributed by atoms with Gasteiger partial charge in [-0.25, -0.2) is 0 Å². The first-order valence-corrected chi connectivity index (χ1v) is 8.06. The van der Waals surface area contributed by atoms with Crippen molar-refractivity contribution >= 4 is 27.3 Å². The molecule has 1 aromatic rings. The van der Waals surface area contributed by atoms with Crippen molar-refractivity contribution in [3.63, 3.8) is 0 Å². The quantitative estimate of drug-likeness (QED) is 0.870. The number of thiophene rings is 1. The van der Waals surface area contributed by atoms with Gasteiger partial charge < -0.3 is 10.6 Å². The van der Waals surface area contributed by atoms with Gasteiger partial charge in [-0.05, 0) is 59.8 Å². The lowest BCUT2D eigenvalue weighted by molar-refractivity contribution is 0.186. The zero-order valence-corrected chi connectivity index (χ0v) is 12.8. The zero-order valence-electron chi connectivity index (χ0n) is 10.4. The summed E-state index contributed by atoms with van der Waals surface area (Å²) >= 11 is 5.32. The molecule has 0 aliphatic carbocycles. The fourth-order valence-corrected chi connectivity index (χ4v) is 3.93. The van der Waals surface area contributed by atoms with Crippen LogP contribution in [0.1, 0.15) is 31.1 Å². The van der Waals surface area contributed by atoms with Gasteiger partial charge >= 0.3 is 0 Å². The largest absolute Gasteiger partial charge is 0.317 e. The van der Waals surface area contributed by atoms with Crippen LogP contribution in [-0.4, -0.2) is 19.6 Å². The third-order valence-corrected chi connectivity index (χ3v) is 5.53. The Kier molecular flexibility index (Phi) is 5.03. The average Bonchev–Trinajstić information content (AvgIpc) is 2.76. The van der Waals surface area contributed by atoms with Crippen molar-refractivity contribution in [3.8, 4) is 0 Å². The molecule has 0 spiro atoms. The van der Waals surface area contributed by atoms with Gasteiger partial charge in [0.1, 0.15) is 0 Å². The Morgan fingerprint density at radius 2 is 2.24 bits per heavy atom. The van der Waals surface area contributed by atoms with Crippen LogP contribution >= 0.6 is 27.3 Å². The number of halogens is 1. The average molecular weight is 317 g/mol. The Balaban J connectivity index is 1.79. The van der Waals surface area contributed by atoms with Crippen LogP contribution in [0.4, 0.5) is 0 Å². The number of hydrogen-bond donors (Lipinski definition) is 2. The van der Waals surface area contributed by atoms with Crippen molar-refractivity contribution in [3.05, 3.63) is 20.8 Å². The van der Waals surface area contributed by atoms with Crippen LogP contribution in [0.2, 0.25) is 0 Å². The lowest BCUT2D eigenvalue weighted by Gasteiger charge is -2.37. The molecule has 1 aromatic heterocycles. The molecule has 0 unspecified atom stereocenters. The molecule has 1 aliphatic rings. The summed E-state index contributed by atoms with van der Waals surface area (Å²) < 4.78 is 1.20. The maximum atomic E-state index is 3.64. The van der Waals surface area contributed by atoms with Crippen LogP contribution in [0.3, 0.4) is 0 Å². The summed E-state index contributed by atoms with van der Waals surface area (Å²) in [6.45, 7) is 6.85. The molecule has 0 bridgehead atoms. The van der Waals surface area contributed by atoms with E-state index in [2.05, 4.69) is 44.9 Å². The van der Waals surface area contributed by atoms with Crippen LogP contribution < -0.4 is 10.6 Å². The molecule has 0 radical (unpaired) electrons. The molecular formula is C13H21BrN2S. The van der Waals surface area contributed by atoms with Gasteiger partial charge in [0.25, 0.3) is 0 Å². The first kappa shape index (κ1) is 13.5. The minimum absolute atomic E-state index is 0.528. The van der Waals surface area contributed by atoms with E-state index in [4.69, 9.17) is 0 Å². The molecule has 0 saturated carbocycles. The minimum atomic E-state index is 0.528. The van der Waals surface area contributed by atoms with E-state index < -0.39 is 0 Å². The Hall–Kier alpha value is 0.1000. The van der Waals surface area contributed by atoms with Crippen LogP contribution in [0.15, 0.2) is 15.9 Å². The number of hydrogen-bond acceptors (Lipinski definition) is 3. The fourth-order valence-electron chi connectivity index (χ4n) is 2.51. The van der Waals surface area contributed by atoms with E-state index in [1.54, 1.807) is 0 Å². The number of nitrogens with one attached hydrogen (secondary N) is 2. The summed E-state index contributed by atoms with van der Waals surface area (Å²) in [6.07, 6.45) is 3.91. The van der Waals surface area contributed by atoms with Gasteiger partial charge in [0.2, 0.25) is 0 Å². The molecule has 17 heavy (non-hydrogen) atoms. The molecule has 1 aliphatic heterocycles. The molecule has 0 amide bonds. The molecule has 4 heteroatoms. The van der Waals surface area contributed by atoms with Gasteiger partial charge in [-0.2, -0.15) is 0 Å². The third-order valence-electron chi connectivity index (χ3n) is 3.84. The highest BCUT2D eigenvalue weighted by atomic mass is 79.9. The normalized spacial score (nSPS) is 19.4. The van der Waals surface area contributed by atoms with Gasteiger partial charge in [0.05, 0.1) is 0 Å². The molecule has 2 heterocycles. The second-order valence-electron chi connectivity index (χ2n) is 4.94. The third kappa shape index (κ3) is 3.78. The van der Waals surface area contributed by atoms with Gasteiger partial charge in [-0.15, -0.1) is 11.3 Å². The fraction of sp³-hybridized carbons (Fsp3) is 0.692. The summed E-state index contributed by atoms with van der Waals surface area (Å²) in [5.41, 5.74) is 0.528. The van der Waals surface area contributed by atoms with Crippen molar-refractivity contribution < 1.29 is 0 Å². The second-order valence-corrected chi connectivity index (χ2v) is 6.85. The van der Waals surface area contributed by atoms with Gasteiger partial charge in [-0.3, -0.25) is 0 Å². The Bertz CT molecular complexity index is 345. The Morgan fingerprint density at radius 1 is 1.47 bits per heavy atom. The number of piperidine rings is 1.